The highest BCUT2D eigenvalue weighted by atomic mass is 16.3. The number of likely N-dealkylation sites (N-methyl/N-ethyl adjacent to an activating group) is 1. The molecule has 2 heterocycles. The maximum atomic E-state index is 12.7. The summed E-state index contributed by atoms with van der Waals surface area (Å²) < 4.78 is 5.48. The normalized spacial score (nSPS) is 12.5. The lowest BCUT2D eigenvalue weighted by Gasteiger charge is -2.22. The summed E-state index contributed by atoms with van der Waals surface area (Å²) >= 11 is 0. The zero-order valence-corrected chi connectivity index (χ0v) is 15.0. The van der Waals surface area contributed by atoms with E-state index in [4.69, 9.17) is 4.42 Å². The van der Waals surface area contributed by atoms with Crippen LogP contribution in [-0.2, 0) is 0 Å². The molecule has 0 saturated carbocycles. The zero-order valence-electron chi connectivity index (χ0n) is 15.0. The van der Waals surface area contributed by atoms with E-state index in [2.05, 4.69) is 10.3 Å². The van der Waals surface area contributed by atoms with Crippen molar-refractivity contribution >= 4 is 16.8 Å². The summed E-state index contributed by atoms with van der Waals surface area (Å²) in [6.45, 7) is 4.36. The molecular weight excluding hydrogens is 314 g/mol. The van der Waals surface area contributed by atoms with Crippen LogP contribution in [0.25, 0.3) is 10.9 Å². The van der Waals surface area contributed by atoms with Crippen molar-refractivity contribution in [1.82, 2.24) is 15.2 Å². The van der Waals surface area contributed by atoms with Crippen molar-refractivity contribution in [2.45, 2.75) is 19.9 Å². The molecule has 3 aromatic rings. The second-order valence-corrected chi connectivity index (χ2v) is 6.52. The summed E-state index contributed by atoms with van der Waals surface area (Å²) in [4.78, 5) is 19.3. The lowest BCUT2D eigenvalue weighted by Crippen LogP contribution is -2.34. The third-order valence-corrected chi connectivity index (χ3v) is 4.36. The molecule has 0 aliphatic rings. The van der Waals surface area contributed by atoms with Crippen LogP contribution < -0.4 is 5.32 Å². The van der Waals surface area contributed by atoms with Gasteiger partial charge in [0.15, 0.2) is 0 Å². The summed E-state index contributed by atoms with van der Waals surface area (Å²) in [6, 6.07) is 11.7. The number of carbonyl (C=O) groups is 1. The summed E-state index contributed by atoms with van der Waals surface area (Å²) in [5.74, 6) is 0.709. The number of furan rings is 1. The maximum absolute atomic E-state index is 12.7. The molecule has 1 unspecified atom stereocenters. The van der Waals surface area contributed by atoms with Gasteiger partial charge in [-0.1, -0.05) is 11.6 Å². The third-order valence-electron chi connectivity index (χ3n) is 4.36. The van der Waals surface area contributed by atoms with Crippen molar-refractivity contribution < 1.29 is 9.21 Å². The molecule has 0 spiro atoms. The second-order valence-electron chi connectivity index (χ2n) is 6.52. The van der Waals surface area contributed by atoms with Crippen molar-refractivity contribution in [2.24, 2.45) is 0 Å². The van der Waals surface area contributed by atoms with Crippen molar-refractivity contribution in [3.63, 3.8) is 0 Å². The first-order valence-corrected chi connectivity index (χ1v) is 8.31. The van der Waals surface area contributed by atoms with Gasteiger partial charge in [-0.15, -0.1) is 0 Å². The molecule has 130 valence electrons. The van der Waals surface area contributed by atoms with Crippen molar-refractivity contribution in [1.29, 1.82) is 0 Å². The van der Waals surface area contributed by atoms with Gasteiger partial charge < -0.3 is 9.73 Å². The smallest absolute Gasteiger partial charge is 0.253 e. The predicted octanol–water partition coefficient (Wildman–Crippen LogP) is 3.48. The van der Waals surface area contributed by atoms with E-state index in [0.717, 1.165) is 27.9 Å². The Bertz CT molecular complexity index is 885. The Morgan fingerprint density at radius 3 is 2.72 bits per heavy atom. The van der Waals surface area contributed by atoms with E-state index in [1.54, 1.807) is 6.26 Å². The van der Waals surface area contributed by atoms with Crippen LogP contribution >= 0.6 is 0 Å². The SMILES string of the molecule is Cc1ccc2nc(C)c(C(=O)NCC(c3ccco3)N(C)C)cc2c1. The minimum Gasteiger partial charge on any atom is -0.468 e. The molecule has 0 aliphatic heterocycles. The lowest BCUT2D eigenvalue weighted by atomic mass is 10.1. The highest BCUT2D eigenvalue weighted by Gasteiger charge is 2.19. The number of aryl methyl sites for hydroxylation is 2. The average Bonchev–Trinajstić information content (AvgIpc) is 3.08. The summed E-state index contributed by atoms with van der Waals surface area (Å²) in [6.07, 6.45) is 1.65. The molecule has 1 N–H and O–H groups in total. The Balaban J connectivity index is 1.81. The van der Waals surface area contributed by atoms with E-state index in [9.17, 15) is 4.79 Å². The number of fused-ring (bicyclic) bond motifs is 1. The van der Waals surface area contributed by atoms with E-state index in [-0.39, 0.29) is 11.9 Å². The quantitative estimate of drug-likeness (QED) is 0.774. The van der Waals surface area contributed by atoms with Crippen molar-refractivity contribution in [3.05, 3.63) is 65.2 Å². The molecule has 25 heavy (non-hydrogen) atoms. The fourth-order valence-electron chi connectivity index (χ4n) is 2.93. The molecule has 1 atom stereocenters. The Labute approximate surface area is 147 Å². The van der Waals surface area contributed by atoms with E-state index in [1.165, 1.54) is 0 Å². The predicted molar refractivity (Wildman–Crippen MR) is 98.7 cm³/mol. The molecule has 1 amide bonds. The molecule has 2 aromatic heterocycles. The van der Waals surface area contributed by atoms with Crippen LogP contribution in [0, 0.1) is 13.8 Å². The van der Waals surface area contributed by atoms with Crippen LogP contribution in [0.2, 0.25) is 0 Å². The van der Waals surface area contributed by atoms with Gasteiger partial charge >= 0.3 is 0 Å². The van der Waals surface area contributed by atoms with E-state index in [0.29, 0.717) is 12.1 Å². The van der Waals surface area contributed by atoms with E-state index >= 15 is 0 Å². The number of hydrogen-bond donors (Lipinski definition) is 1. The summed E-state index contributed by atoms with van der Waals surface area (Å²) in [5.41, 5.74) is 3.39. The second kappa shape index (κ2) is 7.07. The number of amides is 1. The Kier molecular flexibility index (Phi) is 4.86. The Hall–Kier alpha value is -2.66. The van der Waals surface area contributed by atoms with Gasteiger partial charge in [-0.2, -0.15) is 0 Å². The molecule has 0 bridgehead atoms. The summed E-state index contributed by atoms with van der Waals surface area (Å²) in [7, 11) is 3.93. The van der Waals surface area contributed by atoms with Crippen LogP contribution in [0.1, 0.15) is 33.4 Å². The molecule has 0 saturated heterocycles. The van der Waals surface area contributed by atoms with Gasteiger partial charge in [0, 0.05) is 11.9 Å². The van der Waals surface area contributed by atoms with E-state index in [1.807, 2.05) is 69.2 Å². The molecule has 0 radical (unpaired) electrons. The van der Waals surface area contributed by atoms with Gasteiger partial charge in [-0.3, -0.25) is 14.7 Å². The van der Waals surface area contributed by atoms with Crippen LogP contribution in [-0.4, -0.2) is 36.4 Å². The molecule has 5 heteroatoms. The van der Waals surface area contributed by atoms with E-state index < -0.39 is 0 Å². The van der Waals surface area contributed by atoms with Crippen LogP contribution in [0.3, 0.4) is 0 Å². The number of hydrogen-bond acceptors (Lipinski definition) is 4. The minimum absolute atomic E-state index is 0.0186. The lowest BCUT2D eigenvalue weighted by molar-refractivity contribution is 0.0938. The zero-order chi connectivity index (χ0) is 18.0. The highest BCUT2D eigenvalue weighted by molar-refractivity contribution is 5.98. The number of rotatable bonds is 5. The maximum Gasteiger partial charge on any atom is 0.253 e. The average molecular weight is 337 g/mol. The van der Waals surface area contributed by atoms with Crippen molar-refractivity contribution in [2.75, 3.05) is 20.6 Å². The number of nitrogens with one attached hydrogen (secondary N) is 1. The fraction of sp³-hybridized carbons (Fsp3) is 0.300. The van der Waals surface area contributed by atoms with Gasteiger partial charge in [-0.05, 0) is 58.3 Å². The molecule has 1 aromatic carbocycles. The molecular formula is C20H23N3O2. The topological polar surface area (TPSA) is 58.4 Å². The summed E-state index contributed by atoms with van der Waals surface area (Å²) in [5, 5.41) is 3.99. The van der Waals surface area contributed by atoms with Gasteiger partial charge in [-0.25, -0.2) is 0 Å². The molecule has 0 fully saturated rings. The molecule has 0 aliphatic carbocycles. The third kappa shape index (κ3) is 3.72. The number of nitrogens with zero attached hydrogens (tertiary/aromatic N) is 2. The standard InChI is InChI=1S/C20H23N3O2/c1-13-7-8-17-15(10-13)11-16(14(2)22-17)20(24)21-12-18(23(3)4)19-6-5-9-25-19/h5-11,18H,12H2,1-4H3,(H,21,24). The highest BCUT2D eigenvalue weighted by Crippen LogP contribution is 2.20. The van der Waals surface area contributed by atoms with Gasteiger partial charge in [0.1, 0.15) is 5.76 Å². The van der Waals surface area contributed by atoms with Crippen molar-refractivity contribution in [3.8, 4) is 0 Å². The molecule has 3 rings (SSSR count). The monoisotopic (exact) mass is 337 g/mol. The Morgan fingerprint density at radius 2 is 2.04 bits per heavy atom. The molecule has 5 nitrogen and oxygen atoms in total. The number of benzene rings is 1. The van der Waals surface area contributed by atoms with Crippen LogP contribution in [0.5, 0.6) is 0 Å². The van der Waals surface area contributed by atoms with Crippen LogP contribution in [0.4, 0.5) is 0 Å². The van der Waals surface area contributed by atoms with Gasteiger partial charge in [0.2, 0.25) is 0 Å². The first-order chi connectivity index (χ1) is 12.0. The first-order valence-electron chi connectivity index (χ1n) is 8.31. The fourth-order valence-corrected chi connectivity index (χ4v) is 2.93. The van der Waals surface area contributed by atoms with Gasteiger partial charge in [0.05, 0.1) is 29.1 Å². The first kappa shape index (κ1) is 17.2. The Morgan fingerprint density at radius 1 is 1.24 bits per heavy atom. The van der Waals surface area contributed by atoms with Gasteiger partial charge in [0.25, 0.3) is 5.91 Å². The largest absolute Gasteiger partial charge is 0.468 e. The number of aromatic nitrogens is 1. The minimum atomic E-state index is -0.119. The number of carbonyl (C=O) groups excluding carboxylic acids is 1. The number of pyridine rings is 1. The van der Waals surface area contributed by atoms with Crippen LogP contribution in [0.15, 0.2) is 47.1 Å².